The number of carbonyl (C=O) groups is 1. The van der Waals surface area contributed by atoms with Crippen LogP contribution in [0.1, 0.15) is 13.8 Å². The number of hydroxylamine groups is 2. The average Bonchev–Trinajstić information content (AvgIpc) is 2.10. The first kappa shape index (κ1) is 12.2. The Hall–Kier alpha value is -0.810. The molecule has 0 rings (SSSR count). The van der Waals surface area contributed by atoms with Gasteiger partial charge in [0.2, 0.25) is 0 Å². The van der Waals surface area contributed by atoms with Crippen molar-refractivity contribution in [2.24, 2.45) is 0 Å². The van der Waals surface area contributed by atoms with Crippen LogP contribution in [0.25, 0.3) is 0 Å². The molecule has 5 heteroatoms. The van der Waals surface area contributed by atoms with Gasteiger partial charge in [0.15, 0.2) is 0 Å². The number of hydrogen-bond donors (Lipinski definition) is 1. The Labute approximate surface area is 78.9 Å². The zero-order chi connectivity index (χ0) is 10.3. The summed E-state index contributed by atoms with van der Waals surface area (Å²) in [7, 11) is 2.98. The molecule has 2 amide bonds. The standard InChI is InChI=1S/C8H18N2O3/c1-7(2)13-6-5-9-8(11)10(3)12-4/h7H,5-6H2,1-4H3,(H,9,11). The maximum Gasteiger partial charge on any atom is 0.341 e. The molecule has 0 aliphatic carbocycles. The number of carbonyl (C=O) groups excluding carboxylic acids is 1. The number of hydrogen-bond acceptors (Lipinski definition) is 3. The normalized spacial score (nSPS) is 10.2. The van der Waals surface area contributed by atoms with E-state index in [2.05, 4.69) is 10.2 Å². The second-order valence-electron chi connectivity index (χ2n) is 2.83. The van der Waals surface area contributed by atoms with Crippen LogP contribution < -0.4 is 5.32 Å². The molecule has 0 radical (unpaired) electrons. The fraction of sp³-hybridized carbons (Fsp3) is 0.875. The quantitative estimate of drug-likeness (QED) is 0.510. The summed E-state index contributed by atoms with van der Waals surface area (Å²) < 4.78 is 5.23. The van der Waals surface area contributed by atoms with Crippen molar-refractivity contribution in [3.05, 3.63) is 0 Å². The second-order valence-corrected chi connectivity index (χ2v) is 2.83. The van der Waals surface area contributed by atoms with E-state index in [1.807, 2.05) is 13.8 Å². The molecule has 0 unspecified atom stereocenters. The van der Waals surface area contributed by atoms with Crippen molar-refractivity contribution >= 4 is 6.03 Å². The lowest BCUT2D eigenvalue weighted by Gasteiger charge is -2.15. The van der Waals surface area contributed by atoms with Gasteiger partial charge in [-0.1, -0.05) is 0 Å². The Bertz CT molecular complexity index is 150. The van der Waals surface area contributed by atoms with Gasteiger partial charge >= 0.3 is 6.03 Å². The molecular weight excluding hydrogens is 172 g/mol. The van der Waals surface area contributed by atoms with Crippen LogP contribution in [0.2, 0.25) is 0 Å². The van der Waals surface area contributed by atoms with Gasteiger partial charge in [-0.2, -0.15) is 0 Å². The van der Waals surface area contributed by atoms with Crippen LogP contribution in [0, 0.1) is 0 Å². The Morgan fingerprint density at radius 1 is 1.54 bits per heavy atom. The van der Waals surface area contributed by atoms with Crippen molar-refractivity contribution in [3.8, 4) is 0 Å². The van der Waals surface area contributed by atoms with Gasteiger partial charge in [0.05, 0.1) is 19.8 Å². The molecule has 0 spiro atoms. The Balaban J connectivity index is 3.37. The molecule has 0 aliphatic rings. The van der Waals surface area contributed by atoms with E-state index in [0.717, 1.165) is 5.06 Å². The highest BCUT2D eigenvalue weighted by atomic mass is 16.7. The maximum absolute atomic E-state index is 11.1. The highest BCUT2D eigenvalue weighted by Crippen LogP contribution is 1.86. The van der Waals surface area contributed by atoms with E-state index in [1.165, 1.54) is 7.11 Å². The molecule has 0 atom stereocenters. The SMILES string of the molecule is CON(C)C(=O)NCCOC(C)C. The first-order chi connectivity index (χ1) is 6.07. The average molecular weight is 190 g/mol. The Morgan fingerprint density at radius 2 is 2.15 bits per heavy atom. The molecular formula is C8H18N2O3. The molecule has 0 saturated heterocycles. The minimum Gasteiger partial charge on any atom is -0.377 e. The van der Waals surface area contributed by atoms with Gasteiger partial charge in [-0.25, -0.2) is 9.86 Å². The third-order valence-corrected chi connectivity index (χ3v) is 1.39. The fourth-order valence-corrected chi connectivity index (χ4v) is 0.647. The molecule has 0 aromatic heterocycles. The number of amides is 2. The van der Waals surface area contributed by atoms with Crippen LogP contribution >= 0.6 is 0 Å². The van der Waals surface area contributed by atoms with Gasteiger partial charge < -0.3 is 10.1 Å². The summed E-state index contributed by atoms with van der Waals surface area (Å²) in [5, 5.41) is 3.75. The fourth-order valence-electron chi connectivity index (χ4n) is 0.647. The molecule has 0 aromatic carbocycles. The van der Waals surface area contributed by atoms with Crippen molar-refractivity contribution < 1.29 is 14.4 Å². The second kappa shape index (κ2) is 6.68. The first-order valence-electron chi connectivity index (χ1n) is 4.25. The van der Waals surface area contributed by atoms with Crippen molar-refractivity contribution in [1.82, 2.24) is 10.4 Å². The van der Waals surface area contributed by atoms with E-state index in [9.17, 15) is 4.79 Å². The molecule has 0 heterocycles. The molecule has 0 aliphatic heterocycles. The van der Waals surface area contributed by atoms with Gasteiger partial charge in [-0.15, -0.1) is 0 Å². The van der Waals surface area contributed by atoms with E-state index in [4.69, 9.17) is 4.74 Å². The van der Waals surface area contributed by atoms with E-state index < -0.39 is 0 Å². The number of nitrogens with zero attached hydrogens (tertiary/aromatic N) is 1. The minimum absolute atomic E-state index is 0.192. The van der Waals surface area contributed by atoms with Crippen LogP contribution in [0.15, 0.2) is 0 Å². The summed E-state index contributed by atoms with van der Waals surface area (Å²) in [5.41, 5.74) is 0. The predicted octanol–water partition coefficient (Wildman–Crippen LogP) is 0.614. The van der Waals surface area contributed by atoms with Crippen molar-refractivity contribution in [2.75, 3.05) is 27.3 Å². The Kier molecular flexibility index (Phi) is 6.26. The van der Waals surface area contributed by atoms with Crippen LogP contribution in [-0.2, 0) is 9.57 Å². The van der Waals surface area contributed by atoms with Gasteiger partial charge in [0.25, 0.3) is 0 Å². The highest BCUT2D eigenvalue weighted by Gasteiger charge is 2.05. The summed E-state index contributed by atoms with van der Waals surface area (Å²) in [6.45, 7) is 4.90. The molecule has 5 nitrogen and oxygen atoms in total. The molecule has 1 N–H and O–H groups in total. The minimum atomic E-state index is -0.269. The van der Waals surface area contributed by atoms with Crippen LogP contribution in [0.5, 0.6) is 0 Å². The maximum atomic E-state index is 11.1. The van der Waals surface area contributed by atoms with E-state index in [1.54, 1.807) is 7.05 Å². The third kappa shape index (κ3) is 6.36. The molecule has 78 valence electrons. The van der Waals surface area contributed by atoms with Gasteiger partial charge in [-0.05, 0) is 13.8 Å². The van der Waals surface area contributed by atoms with Gasteiger partial charge in [-0.3, -0.25) is 4.84 Å². The van der Waals surface area contributed by atoms with E-state index in [0.29, 0.717) is 13.2 Å². The van der Waals surface area contributed by atoms with Crippen molar-refractivity contribution in [2.45, 2.75) is 20.0 Å². The summed E-state index contributed by atoms with van der Waals surface area (Å²) >= 11 is 0. The molecule has 0 saturated carbocycles. The van der Waals surface area contributed by atoms with E-state index >= 15 is 0 Å². The summed E-state index contributed by atoms with van der Waals surface area (Å²) in [5.74, 6) is 0. The van der Waals surface area contributed by atoms with Crippen LogP contribution in [0.3, 0.4) is 0 Å². The topological polar surface area (TPSA) is 50.8 Å². The molecule has 13 heavy (non-hydrogen) atoms. The molecule has 0 aromatic rings. The van der Waals surface area contributed by atoms with Crippen LogP contribution in [0.4, 0.5) is 4.79 Å². The van der Waals surface area contributed by atoms with E-state index in [-0.39, 0.29) is 12.1 Å². The largest absolute Gasteiger partial charge is 0.377 e. The lowest BCUT2D eigenvalue weighted by atomic mass is 10.5. The number of nitrogens with one attached hydrogen (secondary N) is 1. The molecule has 0 bridgehead atoms. The lowest BCUT2D eigenvalue weighted by Crippen LogP contribution is -2.38. The van der Waals surface area contributed by atoms with Crippen molar-refractivity contribution in [1.29, 1.82) is 0 Å². The predicted molar refractivity (Wildman–Crippen MR) is 49.3 cm³/mol. The number of urea groups is 1. The summed E-state index contributed by atoms with van der Waals surface area (Å²) in [6, 6.07) is -0.269. The Morgan fingerprint density at radius 3 is 2.62 bits per heavy atom. The smallest absolute Gasteiger partial charge is 0.341 e. The van der Waals surface area contributed by atoms with Gasteiger partial charge in [0.1, 0.15) is 0 Å². The number of ether oxygens (including phenoxy) is 1. The van der Waals surface area contributed by atoms with Crippen LogP contribution in [-0.4, -0.2) is 44.5 Å². The lowest BCUT2D eigenvalue weighted by molar-refractivity contribution is -0.0652. The van der Waals surface area contributed by atoms with Gasteiger partial charge in [0, 0.05) is 13.6 Å². The highest BCUT2D eigenvalue weighted by molar-refractivity contribution is 5.72. The zero-order valence-electron chi connectivity index (χ0n) is 8.66. The zero-order valence-corrected chi connectivity index (χ0v) is 8.66. The number of rotatable bonds is 5. The monoisotopic (exact) mass is 190 g/mol. The molecule has 0 fully saturated rings. The summed E-state index contributed by atoms with van der Waals surface area (Å²) in [6.07, 6.45) is 0.192. The third-order valence-electron chi connectivity index (χ3n) is 1.39. The first-order valence-corrected chi connectivity index (χ1v) is 4.25. The summed E-state index contributed by atoms with van der Waals surface area (Å²) in [4.78, 5) is 15.7. The van der Waals surface area contributed by atoms with Crippen molar-refractivity contribution in [3.63, 3.8) is 0 Å².